The van der Waals surface area contributed by atoms with E-state index in [1.54, 1.807) is 6.08 Å². The van der Waals surface area contributed by atoms with Crippen LogP contribution in [-0.2, 0) is 17.8 Å². The first-order valence-electron chi connectivity index (χ1n) is 8.30. The molecular weight excluding hydrogens is 304 g/mol. The third kappa shape index (κ3) is 4.21. The van der Waals surface area contributed by atoms with Crippen molar-refractivity contribution in [3.8, 4) is 0 Å². The van der Waals surface area contributed by atoms with E-state index in [1.165, 1.54) is 11.1 Å². The van der Waals surface area contributed by atoms with Crippen LogP contribution >= 0.6 is 0 Å². The molecule has 1 aromatic rings. The van der Waals surface area contributed by atoms with Crippen molar-refractivity contribution in [2.75, 3.05) is 33.4 Å². The second-order valence-electron chi connectivity index (χ2n) is 6.38. The normalized spacial score (nSPS) is 18.8. The molecule has 2 heterocycles. The van der Waals surface area contributed by atoms with Crippen LogP contribution in [0.5, 0.6) is 0 Å². The summed E-state index contributed by atoms with van der Waals surface area (Å²) in [6, 6.07) is 8.42. The zero-order valence-corrected chi connectivity index (χ0v) is 14.0. The number of carbonyl (C=O) groups is 1. The van der Waals surface area contributed by atoms with E-state index >= 15 is 0 Å². The fourth-order valence-electron chi connectivity index (χ4n) is 3.01. The van der Waals surface area contributed by atoms with Crippen LogP contribution in [0.25, 0.3) is 0 Å². The fourth-order valence-corrected chi connectivity index (χ4v) is 3.01. The summed E-state index contributed by atoms with van der Waals surface area (Å²) < 4.78 is 0. The Hall–Kier alpha value is -2.18. The van der Waals surface area contributed by atoms with Crippen molar-refractivity contribution in [3.63, 3.8) is 0 Å². The molecule has 6 heteroatoms. The maximum Gasteiger partial charge on any atom is 0.269 e. The van der Waals surface area contributed by atoms with E-state index in [4.69, 9.17) is 0 Å². The number of aliphatic hydroxyl groups excluding tert-OH is 1. The van der Waals surface area contributed by atoms with Crippen molar-refractivity contribution in [1.82, 2.24) is 15.1 Å². The summed E-state index contributed by atoms with van der Waals surface area (Å²) in [5, 5.41) is 13.0. The van der Waals surface area contributed by atoms with Gasteiger partial charge in [-0.15, -0.1) is 0 Å². The molecule has 2 aliphatic rings. The van der Waals surface area contributed by atoms with Gasteiger partial charge in [0, 0.05) is 39.4 Å². The third-order valence-electron chi connectivity index (χ3n) is 4.36. The molecule has 0 aliphatic carbocycles. The van der Waals surface area contributed by atoms with E-state index in [1.807, 2.05) is 18.1 Å². The second-order valence-corrected chi connectivity index (χ2v) is 6.38. The maximum absolute atomic E-state index is 12.0. The molecule has 128 valence electrons. The van der Waals surface area contributed by atoms with Gasteiger partial charge in [-0.05, 0) is 23.6 Å². The summed E-state index contributed by atoms with van der Waals surface area (Å²) in [5.41, 5.74) is 3.13. The van der Waals surface area contributed by atoms with Gasteiger partial charge in [0.25, 0.3) is 5.91 Å². The van der Waals surface area contributed by atoms with Gasteiger partial charge in [-0.1, -0.05) is 24.3 Å². The summed E-state index contributed by atoms with van der Waals surface area (Å²) in [4.78, 5) is 20.3. The minimum Gasteiger partial charge on any atom is -0.390 e. The number of β-amino-alcohol motifs (C(OH)–C–C–N with tert-alkyl or cyclic N) is 1. The average molecular weight is 328 g/mol. The van der Waals surface area contributed by atoms with E-state index in [9.17, 15) is 9.90 Å². The Morgan fingerprint density at radius 1 is 1.38 bits per heavy atom. The molecule has 0 saturated carbocycles. The highest BCUT2D eigenvalue weighted by Crippen LogP contribution is 2.18. The van der Waals surface area contributed by atoms with Gasteiger partial charge in [0.1, 0.15) is 12.4 Å². The van der Waals surface area contributed by atoms with Gasteiger partial charge in [-0.2, -0.15) is 0 Å². The second kappa shape index (κ2) is 7.59. The molecule has 0 aromatic heterocycles. The Kier molecular flexibility index (Phi) is 5.27. The summed E-state index contributed by atoms with van der Waals surface area (Å²) >= 11 is 0. The van der Waals surface area contributed by atoms with Crippen molar-refractivity contribution >= 4 is 11.6 Å². The lowest BCUT2D eigenvalue weighted by molar-refractivity contribution is -0.115. The molecule has 24 heavy (non-hydrogen) atoms. The first-order chi connectivity index (χ1) is 11.6. The molecule has 1 amide bonds. The standard InChI is InChI=1S/C18H24N4O2/c1-21-8-7-17(20-13-21)18(24)19-10-16(23)12-22-9-6-14-4-2-3-5-15(14)11-22/h2-5,7-8,16,23H,6,9-13H2,1H3,(H,19,24). The third-order valence-corrected chi connectivity index (χ3v) is 4.36. The maximum atomic E-state index is 12.0. The number of amides is 1. The van der Waals surface area contributed by atoms with Gasteiger partial charge in [0.15, 0.2) is 0 Å². The summed E-state index contributed by atoms with van der Waals surface area (Å²) in [6.45, 7) is 3.06. The highest BCUT2D eigenvalue weighted by molar-refractivity contribution is 6.43. The van der Waals surface area contributed by atoms with Crippen molar-refractivity contribution in [2.45, 2.75) is 19.1 Å². The van der Waals surface area contributed by atoms with E-state index in [2.05, 4.69) is 39.5 Å². The zero-order valence-electron chi connectivity index (χ0n) is 14.0. The topological polar surface area (TPSA) is 68.2 Å². The van der Waals surface area contributed by atoms with Crippen LogP contribution in [0.3, 0.4) is 0 Å². The van der Waals surface area contributed by atoms with E-state index in [-0.39, 0.29) is 12.5 Å². The van der Waals surface area contributed by atoms with Gasteiger partial charge in [0.2, 0.25) is 0 Å². The number of benzene rings is 1. The van der Waals surface area contributed by atoms with E-state index in [0.29, 0.717) is 18.9 Å². The monoisotopic (exact) mass is 328 g/mol. The summed E-state index contributed by atoms with van der Waals surface area (Å²) in [5.74, 6) is -0.234. The Bertz CT molecular complexity index is 656. The molecule has 0 fully saturated rings. The molecule has 1 atom stereocenters. The van der Waals surface area contributed by atoms with Gasteiger partial charge in [-0.25, -0.2) is 0 Å². The predicted molar refractivity (Wildman–Crippen MR) is 93.6 cm³/mol. The quantitative estimate of drug-likeness (QED) is 0.820. The van der Waals surface area contributed by atoms with Crippen molar-refractivity contribution < 1.29 is 9.90 Å². The number of fused-ring (bicyclic) bond motifs is 1. The predicted octanol–water partition coefficient (Wildman–Crippen LogP) is 0.379. The van der Waals surface area contributed by atoms with Crippen LogP contribution in [0.1, 0.15) is 11.1 Å². The van der Waals surface area contributed by atoms with Gasteiger partial charge in [-0.3, -0.25) is 14.7 Å². The van der Waals surface area contributed by atoms with Crippen LogP contribution < -0.4 is 5.32 Å². The van der Waals surface area contributed by atoms with Crippen molar-refractivity contribution in [2.24, 2.45) is 4.99 Å². The van der Waals surface area contributed by atoms with E-state index in [0.717, 1.165) is 19.5 Å². The molecule has 2 N–H and O–H groups in total. The van der Waals surface area contributed by atoms with Crippen molar-refractivity contribution in [3.05, 3.63) is 47.7 Å². The van der Waals surface area contributed by atoms with Gasteiger partial charge < -0.3 is 15.3 Å². The van der Waals surface area contributed by atoms with Crippen LogP contribution in [0.2, 0.25) is 0 Å². The Morgan fingerprint density at radius 2 is 2.17 bits per heavy atom. The molecular formula is C18H24N4O2. The lowest BCUT2D eigenvalue weighted by Crippen LogP contribution is -2.43. The van der Waals surface area contributed by atoms with Crippen molar-refractivity contribution in [1.29, 1.82) is 0 Å². The molecule has 0 saturated heterocycles. The minimum absolute atomic E-state index is 0.234. The Balaban J connectivity index is 1.44. The van der Waals surface area contributed by atoms with Crippen LogP contribution in [0.4, 0.5) is 0 Å². The SMILES string of the molecule is CN1C=CC(C(=O)NCC(O)CN2CCc3ccccc3C2)=NC1. The number of carbonyl (C=O) groups excluding carboxylic acids is 1. The van der Waals surface area contributed by atoms with Crippen LogP contribution in [-0.4, -0.2) is 66.0 Å². The summed E-state index contributed by atoms with van der Waals surface area (Å²) in [7, 11) is 1.90. The smallest absolute Gasteiger partial charge is 0.269 e. The first kappa shape index (κ1) is 16.7. The first-order valence-corrected chi connectivity index (χ1v) is 8.30. The highest BCUT2D eigenvalue weighted by atomic mass is 16.3. The number of nitrogens with one attached hydrogen (secondary N) is 1. The number of rotatable bonds is 5. The summed E-state index contributed by atoms with van der Waals surface area (Å²) in [6.07, 6.45) is 3.93. The number of aliphatic imine (C=N–C) groups is 1. The number of hydrogen-bond donors (Lipinski definition) is 2. The average Bonchev–Trinajstić information content (AvgIpc) is 2.60. The molecule has 2 aliphatic heterocycles. The van der Waals surface area contributed by atoms with Crippen LogP contribution in [0, 0.1) is 0 Å². The largest absolute Gasteiger partial charge is 0.390 e. The Morgan fingerprint density at radius 3 is 2.92 bits per heavy atom. The lowest BCUT2D eigenvalue weighted by Gasteiger charge is -2.30. The number of hydrogen-bond acceptors (Lipinski definition) is 5. The van der Waals surface area contributed by atoms with Gasteiger partial charge in [0.05, 0.1) is 6.10 Å². The fraction of sp³-hybridized carbons (Fsp3) is 0.444. The number of aliphatic hydroxyl groups is 1. The highest BCUT2D eigenvalue weighted by Gasteiger charge is 2.19. The molecule has 6 nitrogen and oxygen atoms in total. The molecule has 1 unspecified atom stereocenters. The zero-order chi connectivity index (χ0) is 16.9. The molecule has 0 radical (unpaired) electrons. The molecule has 1 aromatic carbocycles. The molecule has 0 bridgehead atoms. The van der Waals surface area contributed by atoms with Gasteiger partial charge >= 0.3 is 0 Å². The lowest BCUT2D eigenvalue weighted by atomic mass is 10.00. The molecule has 0 spiro atoms. The minimum atomic E-state index is -0.588. The van der Waals surface area contributed by atoms with E-state index < -0.39 is 6.10 Å². The number of nitrogens with zero attached hydrogens (tertiary/aromatic N) is 3. The Labute approximate surface area is 142 Å². The van der Waals surface area contributed by atoms with Crippen LogP contribution in [0.15, 0.2) is 41.5 Å². The molecule has 3 rings (SSSR count).